The first-order valence-corrected chi connectivity index (χ1v) is 7.37. The lowest BCUT2D eigenvalue weighted by Gasteiger charge is -1.97. The number of halogens is 1. The molecule has 3 nitrogen and oxygen atoms in total. The van der Waals surface area contributed by atoms with Crippen LogP contribution in [-0.4, -0.2) is 14.8 Å². The van der Waals surface area contributed by atoms with Crippen molar-refractivity contribution in [2.75, 3.05) is 0 Å². The van der Waals surface area contributed by atoms with Crippen molar-refractivity contribution in [3.63, 3.8) is 0 Å². The summed E-state index contributed by atoms with van der Waals surface area (Å²) in [5.74, 6) is -0.299. The molecule has 0 unspecified atom stereocenters. The largest absolute Gasteiger partial charge is 0.274 e. The highest BCUT2D eigenvalue weighted by Gasteiger charge is 2.12. The van der Waals surface area contributed by atoms with Gasteiger partial charge in [-0.15, -0.1) is 22.7 Å². The quantitative estimate of drug-likeness (QED) is 0.529. The third kappa shape index (κ3) is 1.67. The smallest absolute Gasteiger partial charge is 0.152 e. The SMILES string of the molecule is Cn1cc2cc(-c3nc4sccc4s3)cc(F)c2n1. The summed E-state index contributed by atoms with van der Waals surface area (Å²) >= 11 is 3.19. The van der Waals surface area contributed by atoms with Crippen molar-refractivity contribution in [1.29, 1.82) is 0 Å². The van der Waals surface area contributed by atoms with Gasteiger partial charge in [0.05, 0.1) is 4.70 Å². The molecule has 19 heavy (non-hydrogen) atoms. The number of fused-ring (bicyclic) bond motifs is 2. The number of rotatable bonds is 1. The Morgan fingerprint density at radius 1 is 1.32 bits per heavy atom. The number of thiazole rings is 1. The van der Waals surface area contributed by atoms with Crippen molar-refractivity contribution < 1.29 is 4.39 Å². The molecular formula is C13H8FN3S2. The van der Waals surface area contributed by atoms with Crippen LogP contribution in [0.5, 0.6) is 0 Å². The molecule has 0 atom stereocenters. The normalized spacial score (nSPS) is 11.7. The summed E-state index contributed by atoms with van der Waals surface area (Å²) in [7, 11) is 1.79. The Bertz CT molecular complexity index is 875. The summed E-state index contributed by atoms with van der Waals surface area (Å²) < 4.78 is 16.8. The van der Waals surface area contributed by atoms with Gasteiger partial charge in [0.2, 0.25) is 0 Å². The summed E-state index contributed by atoms with van der Waals surface area (Å²) in [4.78, 5) is 5.55. The minimum absolute atomic E-state index is 0.299. The monoisotopic (exact) mass is 289 g/mol. The van der Waals surface area contributed by atoms with Crippen LogP contribution in [0, 0.1) is 5.82 Å². The number of hydrogen-bond acceptors (Lipinski definition) is 4. The van der Waals surface area contributed by atoms with E-state index >= 15 is 0 Å². The molecule has 94 valence electrons. The van der Waals surface area contributed by atoms with Crippen LogP contribution < -0.4 is 0 Å². The maximum absolute atomic E-state index is 14.0. The molecule has 6 heteroatoms. The second-order valence-corrected chi connectivity index (χ2v) is 6.23. The molecule has 0 bridgehead atoms. The predicted molar refractivity (Wildman–Crippen MR) is 77.2 cm³/mol. The topological polar surface area (TPSA) is 30.7 Å². The first kappa shape index (κ1) is 11.1. The van der Waals surface area contributed by atoms with E-state index in [-0.39, 0.29) is 5.82 Å². The Kier molecular flexibility index (Phi) is 2.24. The Morgan fingerprint density at radius 3 is 3.05 bits per heavy atom. The van der Waals surface area contributed by atoms with Crippen LogP contribution in [0.2, 0.25) is 0 Å². The van der Waals surface area contributed by atoms with Crippen molar-refractivity contribution in [3.05, 3.63) is 35.6 Å². The van der Waals surface area contributed by atoms with Gasteiger partial charge in [-0.2, -0.15) is 5.10 Å². The second kappa shape index (κ2) is 3.85. The van der Waals surface area contributed by atoms with E-state index in [1.54, 1.807) is 34.4 Å². The summed E-state index contributed by atoms with van der Waals surface area (Å²) in [6.45, 7) is 0. The summed E-state index contributed by atoms with van der Waals surface area (Å²) in [5.41, 5.74) is 1.22. The number of hydrogen-bond donors (Lipinski definition) is 0. The van der Waals surface area contributed by atoms with Gasteiger partial charge in [0.25, 0.3) is 0 Å². The summed E-state index contributed by atoms with van der Waals surface area (Å²) in [5, 5.41) is 7.78. The van der Waals surface area contributed by atoms with Crippen LogP contribution in [0.1, 0.15) is 0 Å². The van der Waals surface area contributed by atoms with Crippen molar-refractivity contribution >= 4 is 43.1 Å². The lowest BCUT2D eigenvalue weighted by molar-refractivity contribution is 0.633. The molecule has 0 radical (unpaired) electrons. The molecular weight excluding hydrogens is 281 g/mol. The Morgan fingerprint density at radius 2 is 2.21 bits per heavy atom. The molecule has 4 rings (SSSR count). The zero-order chi connectivity index (χ0) is 13.0. The van der Waals surface area contributed by atoms with E-state index in [1.165, 1.54) is 6.07 Å². The molecule has 0 saturated carbocycles. The lowest BCUT2D eigenvalue weighted by Crippen LogP contribution is -1.86. The zero-order valence-corrected chi connectivity index (χ0v) is 11.6. The van der Waals surface area contributed by atoms with Crippen molar-refractivity contribution in [2.45, 2.75) is 0 Å². The van der Waals surface area contributed by atoms with E-state index in [2.05, 4.69) is 10.1 Å². The van der Waals surface area contributed by atoms with Gasteiger partial charge >= 0.3 is 0 Å². The van der Waals surface area contributed by atoms with Crippen LogP contribution in [0.25, 0.3) is 31.0 Å². The fourth-order valence-electron chi connectivity index (χ4n) is 2.13. The molecule has 0 aliphatic heterocycles. The van der Waals surface area contributed by atoms with E-state index < -0.39 is 0 Å². The average Bonchev–Trinajstić information content (AvgIpc) is 3.00. The highest BCUT2D eigenvalue weighted by molar-refractivity contribution is 7.27. The van der Waals surface area contributed by atoms with E-state index in [4.69, 9.17) is 0 Å². The number of aromatic nitrogens is 3. The summed E-state index contributed by atoms with van der Waals surface area (Å²) in [6.07, 6.45) is 1.82. The van der Waals surface area contributed by atoms with Crippen LogP contribution in [0.3, 0.4) is 0 Å². The highest BCUT2D eigenvalue weighted by Crippen LogP contribution is 2.34. The van der Waals surface area contributed by atoms with Gasteiger partial charge in [0.1, 0.15) is 15.4 Å². The molecule has 0 aliphatic rings. The summed E-state index contributed by atoms with van der Waals surface area (Å²) in [6, 6.07) is 5.49. The lowest BCUT2D eigenvalue weighted by atomic mass is 10.1. The first-order chi connectivity index (χ1) is 9.20. The fraction of sp³-hybridized carbons (Fsp3) is 0.0769. The molecule has 0 saturated heterocycles. The zero-order valence-electron chi connectivity index (χ0n) is 9.92. The number of aryl methyl sites for hydroxylation is 1. The molecule has 0 fully saturated rings. The second-order valence-electron chi connectivity index (χ2n) is 4.31. The Balaban J connectivity index is 1.97. The van der Waals surface area contributed by atoms with Crippen LogP contribution in [-0.2, 0) is 7.05 Å². The van der Waals surface area contributed by atoms with E-state index in [9.17, 15) is 4.39 Å². The molecule has 0 N–H and O–H groups in total. The minimum atomic E-state index is -0.299. The van der Waals surface area contributed by atoms with Gasteiger partial charge in [-0.1, -0.05) is 0 Å². The van der Waals surface area contributed by atoms with Crippen molar-refractivity contribution in [1.82, 2.24) is 14.8 Å². The number of thiophene rings is 1. The van der Waals surface area contributed by atoms with Crippen LogP contribution >= 0.6 is 22.7 Å². The van der Waals surface area contributed by atoms with Gasteiger partial charge in [0, 0.05) is 24.2 Å². The van der Waals surface area contributed by atoms with E-state index in [0.717, 1.165) is 25.5 Å². The highest BCUT2D eigenvalue weighted by atomic mass is 32.1. The predicted octanol–water partition coefficient (Wildman–Crippen LogP) is 4.05. The van der Waals surface area contributed by atoms with E-state index in [1.807, 2.05) is 23.7 Å². The van der Waals surface area contributed by atoms with Gasteiger partial charge in [-0.05, 0) is 23.6 Å². The van der Waals surface area contributed by atoms with Gasteiger partial charge in [-0.3, -0.25) is 4.68 Å². The molecule has 0 aliphatic carbocycles. The number of benzene rings is 1. The maximum atomic E-state index is 14.0. The Labute approximate surface area is 115 Å². The molecule has 0 amide bonds. The molecule has 3 aromatic heterocycles. The fourth-order valence-corrected chi connectivity index (χ4v) is 4.05. The molecule has 0 spiro atoms. The van der Waals surface area contributed by atoms with Crippen molar-refractivity contribution in [3.8, 4) is 10.6 Å². The molecule has 3 heterocycles. The van der Waals surface area contributed by atoms with Crippen molar-refractivity contribution in [2.24, 2.45) is 7.05 Å². The van der Waals surface area contributed by atoms with E-state index in [0.29, 0.717) is 5.52 Å². The number of nitrogens with zero attached hydrogens (tertiary/aromatic N) is 3. The van der Waals surface area contributed by atoms with Gasteiger partial charge in [-0.25, -0.2) is 9.37 Å². The molecule has 1 aromatic carbocycles. The van der Waals surface area contributed by atoms with Gasteiger partial charge in [0.15, 0.2) is 5.82 Å². The van der Waals surface area contributed by atoms with Gasteiger partial charge < -0.3 is 0 Å². The first-order valence-electron chi connectivity index (χ1n) is 5.68. The molecule has 4 aromatic rings. The van der Waals surface area contributed by atoms with Crippen LogP contribution in [0.15, 0.2) is 29.8 Å². The average molecular weight is 289 g/mol. The standard InChI is InChI=1S/C13H8FN3S2/c1-17-6-8-4-7(5-9(14)11(8)16-17)12-15-13-10(19-12)2-3-18-13/h2-6H,1H3. The van der Waals surface area contributed by atoms with Crippen LogP contribution in [0.4, 0.5) is 4.39 Å². The maximum Gasteiger partial charge on any atom is 0.152 e. The Hall–Kier alpha value is -1.79. The third-order valence-electron chi connectivity index (χ3n) is 2.94. The minimum Gasteiger partial charge on any atom is -0.274 e. The third-order valence-corrected chi connectivity index (χ3v) is 4.95.